The minimum atomic E-state index is -0.252. The third-order valence-corrected chi connectivity index (χ3v) is 5.38. The quantitative estimate of drug-likeness (QED) is 0.769. The molecule has 0 saturated heterocycles. The lowest BCUT2D eigenvalue weighted by Crippen LogP contribution is -2.36. The molecular formula is C18H28ClNO. The smallest absolute Gasteiger partial charge is 0.137 e. The number of rotatable bonds is 2. The van der Waals surface area contributed by atoms with Crippen molar-refractivity contribution in [1.82, 2.24) is 0 Å². The molecule has 1 aliphatic rings. The van der Waals surface area contributed by atoms with Gasteiger partial charge in [-0.3, -0.25) is 0 Å². The van der Waals surface area contributed by atoms with E-state index in [1.807, 2.05) is 12.1 Å². The van der Waals surface area contributed by atoms with Crippen molar-refractivity contribution in [3.63, 3.8) is 0 Å². The molecule has 1 saturated carbocycles. The highest BCUT2D eigenvalue weighted by molar-refractivity contribution is 6.32. The zero-order valence-corrected chi connectivity index (χ0v) is 14.5. The number of hydrogen-bond acceptors (Lipinski definition) is 2. The van der Waals surface area contributed by atoms with Crippen LogP contribution in [0, 0.1) is 11.3 Å². The van der Waals surface area contributed by atoms with Crippen LogP contribution in [0.4, 0.5) is 0 Å². The molecule has 21 heavy (non-hydrogen) atoms. The van der Waals surface area contributed by atoms with E-state index in [4.69, 9.17) is 22.1 Å². The summed E-state index contributed by atoms with van der Waals surface area (Å²) in [6, 6.07) is 5.97. The van der Waals surface area contributed by atoms with Crippen molar-refractivity contribution < 1.29 is 4.74 Å². The Morgan fingerprint density at radius 2 is 1.95 bits per heavy atom. The fourth-order valence-electron chi connectivity index (χ4n) is 3.49. The van der Waals surface area contributed by atoms with Crippen LogP contribution in [-0.4, -0.2) is 7.11 Å². The Bertz CT molecular complexity index is 494. The first kappa shape index (κ1) is 16.6. The highest BCUT2D eigenvalue weighted by Crippen LogP contribution is 2.43. The lowest BCUT2D eigenvalue weighted by Gasteiger charge is -2.32. The molecule has 0 radical (unpaired) electrons. The molecule has 2 nitrogen and oxygen atoms in total. The van der Waals surface area contributed by atoms with Crippen LogP contribution < -0.4 is 10.5 Å². The van der Waals surface area contributed by atoms with Crippen LogP contribution >= 0.6 is 11.6 Å². The number of ether oxygens (including phenoxy) is 1. The highest BCUT2D eigenvalue weighted by Gasteiger charge is 2.35. The number of methoxy groups -OCH3 is 1. The maximum atomic E-state index is 6.76. The van der Waals surface area contributed by atoms with Gasteiger partial charge in [-0.2, -0.15) is 0 Å². The zero-order valence-electron chi connectivity index (χ0n) is 13.7. The van der Waals surface area contributed by atoms with E-state index in [-0.39, 0.29) is 5.54 Å². The van der Waals surface area contributed by atoms with Gasteiger partial charge in [0.05, 0.1) is 12.1 Å². The lowest BCUT2D eigenvalue weighted by molar-refractivity contribution is 0.211. The van der Waals surface area contributed by atoms with Gasteiger partial charge in [-0.1, -0.05) is 44.9 Å². The Labute approximate surface area is 134 Å². The van der Waals surface area contributed by atoms with Crippen LogP contribution in [0.1, 0.15) is 58.4 Å². The average Bonchev–Trinajstić information content (AvgIpc) is 2.61. The van der Waals surface area contributed by atoms with Crippen LogP contribution in [0.2, 0.25) is 5.02 Å². The van der Waals surface area contributed by atoms with Gasteiger partial charge >= 0.3 is 0 Å². The molecule has 2 atom stereocenters. The molecule has 1 aromatic carbocycles. The monoisotopic (exact) mass is 309 g/mol. The summed E-state index contributed by atoms with van der Waals surface area (Å²) in [5.74, 6) is 1.47. The van der Waals surface area contributed by atoms with Crippen molar-refractivity contribution in [2.75, 3.05) is 7.11 Å². The van der Waals surface area contributed by atoms with Crippen LogP contribution in [0.15, 0.2) is 18.2 Å². The summed E-state index contributed by atoms with van der Waals surface area (Å²) in [7, 11) is 1.65. The second kappa shape index (κ2) is 6.18. The SMILES string of the molecule is COc1cc(C2(N)CCCC(C(C)(C)C)CC2)ccc1Cl. The standard InChI is InChI=1S/C18H28ClNO/c1-17(2,3)13-6-5-10-18(20,11-9-13)14-7-8-15(19)16(12-14)21-4/h7-8,12-13H,5-6,9-11,20H2,1-4H3. The van der Waals surface area contributed by atoms with Crippen molar-refractivity contribution >= 4 is 11.6 Å². The summed E-state index contributed by atoms with van der Waals surface area (Å²) >= 11 is 6.13. The van der Waals surface area contributed by atoms with E-state index in [1.165, 1.54) is 19.3 Å². The predicted octanol–water partition coefficient (Wildman–Crippen LogP) is 5.13. The van der Waals surface area contributed by atoms with E-state index >= 15 is 0 Å². The first-order valence-electron chi connectivity index (χ1n) is 7.89. The van der Waals surface area contributed by atoms with Crippen LogP contribution in [-0.2, 0) is 5.54 Å². The van der Waals surface area contributed by atoms with Crippen LogP contribution in [0.25, 0.3) is 0 Å². The Morgan fingerprint density at radius 3 is 2.57 bits per heavy atom. The van der Waals surface area contributed by atoms with Crippen molar-refractivity contribution in [2.24, 2.45) is 17.1 Å². The number of nitrogens with two attached hydrogens (primary N) is 1. The van der Waals surface area contributed by atoms with Crippen molar-refractivity contribution in [3.8, 4) is 5.75 Å². The molecule has 0 bridgehead atoms. The highest BCUT2D eigenvalue weighted by atomic mass is 35.5. The van der Waals surface area contributed by atoms with Gasteiger partial charge in [-0.15, -0.1) is 0 Å². The van der Waals surface area contributed by atoms with E-state index in [0.29, 0.717) is 10.4 Å². The van der Waals surface area contributed by atoms with Gasteiger partial charge in [-0.05, 0) is 54.7 Å². The first-order valence-corrected chi connectivity index (χ1v) is 8.27. The maximum absolute atomic E-state index is 6.76. The Balaban J connectivity index is 2.22. The summed E-state index contributed by atoms with van der Waals surface area (Å²) in [6.07, 6.45) is 5.70. The van der Waals surface area contributed by atoms with E-state index < -0.39 is 0 Å². The van der Waals surface area contributed by atoms with E-state index in [0.717, 1.165) is 30.1 Å². The van der Waals surface area contributed by atoms with Crippen LogP contribution in [0.3, 0.4) is 0 Å². The van der Waals surface area contributed by atoms with Crippen molar-refractivity contribution in [3.05, 3.63) is 28.8 Å². The molecule has 2 unspecified atom stereocenters. The molecular weight excluding hydrogens is 282 g/mol. The molecule has 2 N–H and O–H groups in total. The molecule has 0 aromatic heterocycles. The van der Waals surface area contributed by atoms with Gasteiger partial charge in [-0.25, -0.2) is 0 Å². The molecule has 0 aliphatic heterocycles. The average molecular weight is 310 g/mol. The topological polar surface area (TPSA) is 35.2 Å². The normalized spacial score (nSPS) is 27.2. The van der Waals surface area contributed by atoms with Gasteiger partial charge < -0.3 is 10.5 Å². The van der Waals surface area contributed by atoms with Gasteiger partial charge in [0.15, 0.2) is 0 Å². The fourth-order valence-corrected chi connectivity index (χ4v) is 3.68. The molecule has 3 heteroatoms. The van der Waals surface area contributed by atoms with Crippen molar-refractivity contribution in [2.45, 2.75) is 58.4 Å². The number of benzene rings is 1. The molecule has 1 aromatic rings. The molecule has 0 amide bonds. The van der Waals surface area contributed by atoms with Gasteiger partial charge in [0.25, 0.3) is 0 Å². The second-order valence-electron chi connectivity index (χ2n) is 7.50. The maximum Gasteiger partial charge on any atom is 0.137 e. The van der Waals surface area contributed by atoms with Gasteiger partial charge in [0.2, 0.25) is 0 Å². The molecule has 0 spiro atoms. The second-order valence-corrected chi connectivity index (χ2v) is 7.91. The molecule has 1 aliphatic carbocycles. The lowest BCUT2D eigenvalue weighted by atomic mass is 9.75. The molecule has 0 heterocycles. The Morgan fingerprint density at radius 1 is 1.24 bits per heavy atom. The van der Waals surface area contributed by atoms with Gasteiger partial charge in [0, 0.05) is 5.54 Å². The van der Waals surface area contributed by atoms with Crippen LogP contribution in [0.5, 0.6) is 5.75 Å². The van der Waals surface area contributed by atoms with Crippen molar-refractivity contribution in [1.29, 1.82) is 0 Å². The summed E-state index contributed by atoms with van der Waals surface area (Å²) < 4.78 is 5.34. The first-order chi connectivity index (χ1) is 9.76. The van der Waals surface area contributed by atoms with E-state index in [1.54, 1.807) is 7.11 Å². The molecule has 1 fully saturated rings. The fraction of sp³-hybridized carbons (Fsp3) is 0.667. The molecule has 2 rings (SSSR count). The van der Waals surface area contributed by atoms with E-state index in [9.17, 15) is 0 Å². The summed E-state index contributed by atoms with van der Waals surface area (Å²) in [4.78, 5) is 0. The minimum Gasteiger partial charge on any atom is -0.495 e. The third-order valence-electron chi connectivity index (χ3n) is 5.07. The number of halogens is 1. The number of hydrogen-bond donors (Lipinski definition) is 1. The summed E-state index contributed by atoms with van der Waals surface area (Å²) in [6.45, 7) is 7.02. The minimum absolute atomic E-state index is 0.252. The Hall–Kier alpha value is -0.730. The zero-order chi connectivity index (χ0) is 15.7. The predicted molar refractivity (Wildman–Crippen MR) is 89.9 cm³/mol. The van der Waals surface area contributed by atoms with Gasteiger partial charge in [0.1, 0.15) is 5.75 Å². The molecule has 118 valence electrons. The van der Waals surface area contributed by atoms with E-state index in [2.05, 4.69) is 26.8 Å². The Kier molecular flexibility index (Phi) is 4.89. The largest absolute Gasteiger partial charge is 0.495 e. The third kappa shape index (κ3) is 3.73. The summed E-state index contributed by atoms with van der Waals surface area (Å²) in [5, 5.41) is 0.644. The summed E-state index contributed by atoms with van der Waals surface area (Å²) in [5.41, 5.74) is 8.02.